The molecule has 0 unspecified atom stereocenters. The van der Waals surface area contributed by atoms with Gasteiger partial charge in [-0.25, -0.2) is 0 Å². The number of aliphatic hydroxyl groups excluding tert-OH is 2. The number of carbonyl (C=O) groups is 3. The van der Waals surface area contributed by atoms with Crippen LogP contribution in [0.1, 0.15) is 24.0 Å². The van der Waals surface area contributed by atoms with E-state index in [1.54, 1.807) is 0 Å². The molecular weight excluding hydrogens is 418 g/mol. The summed E-state index contributed by atoms with van der Waals surface area (Å²) in [5.41, 5.74) is 12.9. The largest absolute Gasteiger partial charge is 0.508 e. The Balaban J connectivity index is 1.98. The van der Waals surface area contributed by atoms with Gasteiger partial charge in [0.1, 0.15) is 17.1 Å². The molecule has 0 spiro atoms. The summed E-state index contributed by atoms with van der Waals surface area (Å²) in [6, 6.07) is 0. The standard InChI is InChI=1S/C19H18ClN3O7/c20-11-12(21)6-2-4-1-5-3-7(24)10(18(23)29)17(28)19(5,30)16(27)8(4)14(25)9(6)15(26)13(11)22/h4-5,25-26,28,30H,1-3,21-22H2,(H2,23,29)/t4-,5+,19+/m1/s1. The summed E-state index contributed by atoms with van der Waals surface area (Å²) in [4.78, 5) is 37.1. The highest BCUT2D eigenvalue weighted by molar-refractivity contribution is 6.36. The predicted molar refractivity (Wildman–Crippen MR) is 105 cm³/mol. The van der Waals surface area contributed by atoms with Gasteiger partial charge in [-0.1, -0.05) is 11.6 Å². The fraction of sp³-hybridized carbons (Fsp3) is 0.316. The molecule has 1 aromatic carbocycles. The molecule has 0 heterocycles. The molecule has 1 fully saturated rings. The summed E-state index contributed by atoms with van der Waals surface area (Å²) in [6.45, 7) is 0. The highest BCUT2D eigenvalue weighted by Crippen LogP contribution is 2.54. The van der Waals surface area contributed by atoms with Crippen molar-refractivity contribution in [2.75, 3.05) is 11.5 Å². The van der Waals surface area contributed by atoms with Gasteiger partial charge in [-0.2, -0.15) is 0 Å². The summed E-state index contributed by atoms with van der Waals surface area (Å²) in [6.07, 6.45) is -0.329. The van der Waals surface area contributed by atoms with Gasteiger partial charge in [0.15, 0.2) is 17.1 Å². The lowest BCUT2D eigenvalue weighted by atomic mass is 9.59. The highest BCUT2D eigenvalue weighted by atomic mass is 35.5. The number of rotatable bonds is 1. The third kappa shape index (κ3) is 2.25. The number of anilines is 2. The van der Waals surface area contributed by atoms with Crippen LogP contribution in [0.4, 0.5) is 11.4 Å². The number of aliphatic hydroxyl groups is 3. The third-order valence-corrected chi connectivity index (χ3v) is 6.66. The number of fused-ring (bicyclic) bond motifs is 3. The molecule has 3 aliphatic rings. The molecule has 3 atom stereocenters. The minimum atomic E-state index is -2.62. The van der Waals surface area contributed by atoms with Gasteiger partial charge in [0, 0.05) is 17.9 Å². The van der Waals surface area contributed by atoms with Gasteiger partial charge in [-0.05, 0) is 24.3 Å². The average molecular weight is 436 g/mol. The molecule has 10 nitrogen and oxygen atoms in total. The molecule has 3 aliphatic carbocycles. The Morgan fingerprint density at radius 2 is 1.73 bits per heavy atom. The van der Waals surface area contributed by atoms with Gasteiger partial charge >= 0.3 is 0 Å². The zero-order valence-corrected chi connectivity index (χ0v) is 16.2. The molecular formula is C19H18ClN3O7. The van der Waals surface area contributed by atoms with E-state index in [0.29, 0.717) is 0 Å². The lowest BCUT2D eigenvalue weighted by Gasteiger charge is -2.46. The van der Waals surface area contributed by atoms with E-state index in [4.69, 9.17) is 28.8 Å². The fourth-order valence-corrected chi connectivity index (χ4v) is 4.97. The molecule has 0 aromatic heterocycles. The quantitative estimate of drug-likeness (QED) is 0.139. The van der Waals surface area contributed by atoms with Crippen LogP contribution in [-0.2, 0) is 20.8 Å². The van der Waals surface area contributed by atoms with Gasteiger partial charge in [-0.15, -0.1) is 0 Å². The third-order valence-electron chi connectivity index (χ3n) is 6.25. The lowest BCUT2D eigenvalue weighted by molar-refractivity contribution is -0.147. The highest BCUT2D eigenvalue weighted by Gasteiger charge is 2.60. The smallest absolute Gasteiger partial charge is 0.255 e. The number of phenolic OH excluding ortho intramolecular Hbond substituents is 1. The first-order valence-corrected chi connectivity index (χ1v) is 9.36. The molecule has 0 bridgehead atoms. The zero-order chi connectivity index (χ0) is 22.3. The number of carbonyl (C=O) groups excluding carboxylic acids is 3. The van der Waals surface area contributed by atoms with Gasteiger partial charge in [-0.3, -0.25) is 14.4 Å². The van der Waals surface area contributed by atoms with Crippen LogP contribution in [0.25, 0.3) is 5.76 Å². The summed E-state index contributed by atoms with van der Waals surface area (Å²) in [5.74, 6) is -7.29. The van der Waals surface area contributed by atoms with Crippen LogP contribution in [0.3, 0.4) is 0 Å². The number of primary amides is 1. The van der Waals surface area contributed by atoms with Crippen molar-refractivity contribution in [2.24, 2.45) is 17.6 Å². The Hall–Kier alpha value is -3.24. The van der Waals surface area contributed by atoms with Crippen molar-refractivity contribution < 1.29 is 34.8 Å². The SMILES string of the molecule is NC(=O)C1=C(O)[C@@]2(O)C(=O)C3=C(O)c4c(O)c(N)c(Cl)c(N)c4C[C@H]3C[C@H]2CC1=O. The maximum absolute atomic E-state index is 13.3. The number of nitrogens with two attached hydrogens (primary N) is 3. The molecule has 1 aromatic rings. The van der Waals surface area contributed by atoms with Crippen LogP contribution in [0, 0.1) is 11.8 Å². The second-order valence-electron chi connectivity index (χ2n) is 7.75. The minimum absolute atomic E-state index is 0.00507. The van der Waals surface area contributed by atoms with E-state index in [1.807, 2.05) is 0 Å². The molecule has 0 aliphatic heterocycles. The number of hydrogen-bond donors (Lipinski definition) is 7. The molecule has 0 radical (unpaired) electrons. The number of phenols is 1. The Morgan fingerprint density at radius 3 is 2.33 bits per heavy atom. The van der Waals surface area contributed by atoms with Gasteiger partial charge in [0.2, 0.25) is 5.78 Å². The minimum Gasteiger partial charge on any atom is -0.508 e. The van der Waals surface area contributed by atoms with E-state index in [9.17, 15) is 34.8 Å². The first-order valence-electron chi connectivity index (χ1n) is 8.98. The predicted octanol–water partition coefficient (Wildman–Crippen LogP) is 0.242. The van der Waals surface area contributed by atoms with Crippen molar-refractivity contribution in [3.8, 4) is 5.75 Å². The van der Waals surface area contributed by atoms with Crippen LogP contribution in [0.5, 0.6) is 5.75 Å². The molecule has 11 heteroatoms. The van der Waals surface area contributed by atoms with E-state index >= 15 is 0 Å². The second-order valence-corrected chi connectivity index (χ2v) is 8.13. The van der Waals surface area contributed by atoms with Gasteiger partial charge in [0.25, 0.3) is 5.91 Å². The number of ketones is 2. The number of amides is 1. The monoisotopic (exact) mass is 435 g/mol. The van der Waals surface area contributed by atoms with E-state index in [1.165, 1.54) is 0 Å². The zero-order valence-electron chi connectivity index (χ0n) is 15.4. The van der Waals surface area contributed by atoms with Crippen LogP contribution in [0.2, 0.25) is 5.02 Å². The molecule has 30 heavy (non-hydrogen) atoms. The van der Waals surface area contributed by atoms with Crippen molar-refractivity contribution in [3.63, 3.8) is 0 Å². The van der Waals surface area contributed by atoms with Crippen molar-refractivity contribution in [1.82, 2.24) is 0 Å². The Bertz CT molecular complexity index is 1140. The molecule has 158 valence electrons. The van der Waals surface area contributed by atoms with E-state index in [2.05, 4.69) is 0 Å². The number of hydrogen-bond acceptors (Lipinski definition) is 9. The number of halogens is 1. The van der Waals surface area contributed by atoms with Crippen LogP contribution in [-0.4, -0.2) is 43.5 Å². The Morgan fingerprint density at radius 1 is 1.10 bits per heavy atom. The van der Waals surface area contributed by atoms with Crippen molar-refractivity contribution in [3.05, 3.63) is 33.1 Å². The summed E-state index contributed by atoms with van der Waals surface area (Å²) in [7, 11) is 0. The van der Waals surface area contributed by atoms with E-state index in [-0.39, 0.29) is 45.9 Å². The van der Waals surface area contributed by atoms with E-state index < -0.39 is 64.2 Å². The number of benzene rings is 1. The first-order chi connectivity index (χ1) is 13.9. The maximum atomic E-state index is 13.3. The van der Waals surface area contributed by atoms with Crippen LogP contribution >= 0.6 is 11.6 Å². The van der Waals surface area contributed by atoms with Crippen molar-refractivity contribution >= 4 is 46.2 Å². The lowest BCUT2D eigenvalue weighted by Crippen LogP contribution is -2.58. The normalized spacial score (nSPS) is 28.2. The van der Waals surface area contributed by atoms with Gasteiger partial charge in [0.05, 0.1) is 22.0 Å². The maximum Gasteiger partial charge on any atom is 0.255 e. The summed E-state index contributed by atoms with van der Waals surface area (Å²) >= 11 is 6.05. The summed E-state index contributed by atoms with van der Waals surface area (Å²) < 4.78 is 0. The molecule has 0 saturated heterocycles. The Labute approximate surface area is 174 Å². The molecule has 4 rings (SSSR count). The second kappa shape index (κ2) is 6.13. The Kier molecular flexibility index (Phi) is 4.10. The van der Waals surface area contributed by atoms with Crippen molar-refractivity contribution in [1.29, 1.82) is 0 Å². The first kappa shape index (κ1) is 20.0. The molecule has 1 saturated carbocycles. The van der Waals surface area contributed by atoms with Crippen LogP contribution in [0.15, 0.2) is 16.9 Å². The van der Waals surface area contributed by atoms with Crippen molar-refractivity contribution in [2.45, 2.75) is 24.9 Å². The molecule has 1 amide bonds. The average Bonchev–Trinajstić information content (AvgIpc) is 2.67. The number of nitrogen functional groups attached to an aromatic ring is 2. The van der Waals surface area contributed by atoms with Gasteiger partial charge < -0.3 is 37.6 Å². The number of aromatic hydroxyl groups is 1. The molecule has 10 N–H and O–H groups in total. The van der Waals surface area contributed by atoms with Crippen LogP contribution < -0.4 is 17.2 Å². The topological polar surface area (TPSA) is 210 Å². The fourth-order valence-electron chi connectivity index (χ4n) is 4.77. The summed E-state index contributed by atoms with van der Waals surface area (Å²) in [5, 5.41) is 42.7. The number of Topliss-reactive ketones (excluding diaryl/α,β-unsaturated/α-hetero) is 2. The van der Waals surface area contributed by atoms with E-state index in [0.717, 1.165) is 0 Å².